The zero-order valence-electron chi connectivity index (χ0n) is 14.5. The Labute approximate surface area is 155 Å². The fourth-order valence-corrected chi connectivity index (χ4v) is 4.64. The fourth-order valence-electron chi connectivity index (χ4n) is 3.45. The second kappa shape index (κ2) is 7.72. The molecule has 1 atom stereocenters. The molecular weight excluding hydrogens is 358 g/mol. The number of aliphatic hydroxyl groups is 1. The highest BCUT2D eigenvalue weighted by atomic mass is 32.1. The number of benzene rings is 1. The van der Waals surface area contributed by atoms with Gasteiger partial charge in [0.25, 0.3) is 0 Å². The third-order valence-corrected chi connectivity index (χ3v) is 6.41. The van der Waals surface area contributed by atoms with E-state index in [9.17, 15) is 18.7 Å². The predicted molar refractivity (Wildman–Crippen MR) is 98.5 cm³/mol. The molecule has 0 saturated heterocycles. The number of nitrogens with one attached hydrogen (secondary N) is 2. The number of amides is 2. The Balaban J connectivity index is 1.70. The van der Waals surface area contributed by atoms with E-state index < -0.39 is 29.5 Å². The van der Waals surface area contributed by atoms with Crippen LogP contribution in [0.1, 0.15) is 48.5 Å². The Morgan fingerprint density at radius 2 is 1.88 bits per heavy atom. The zero-order chi connectivity index (χ0) is 18.7. The van der Waals surface area contributed by atoms with E-state index in [1.807, 2.05) is 12.1 Å². The number of halogens is 2. The highest BCUT2D eigenvalue weighted by molar-refractivity contribution is 7.12. The number of carbonyl (C=O) groups excluding carboxylic acids is 1. The molecule has 4 nitrogen and oxygen atoms in total. The summed E-state index contributed by atoms with van der Waals surface area (Å²) in [4.78, 5) is 14.2. The number of aliphatic hydroxyl groups excluding tert-OH is 1. The molecule has 26 heavy (non-hydrogen) atoms. The van der Waals surface area contributed by atoms with E-state index in [0.717, 1.165) is 47.6 Å². The van der Waals surface area contributed by atoms with Gasteiger partial charge in [-0.05, 0) is 44.0 Å². The van der Waals surface area contributed by atoms with Crippen LogP contribution >= 0.6 is 11.3 Å². The first-order valence-corrected chi connectivity index (χ1v) is 9.50. The van der Waals surface area contributed by atoms with Crippen LogP contribution in [0.3, 0.4) is 0 Å². The van der Waals surface area contributed by atoms with Gasteiger partial charge in [-0.25, -0.2) is 13.6 Å². The van der Waals surface area contributed by atoms with Gasteiger partial charge in [-0.2, -0.15) is 0 Å². The van der Waals surface area contributed by atoms with E-state index in [0.29, 0.717) is 6.54 Å². The van der Waals surface area contributed by atoms with Gasteiger partial charge in [-0.15, -0.1) is 11.3 Å². The Morgan fingerprint density at radius 3 is 2.46 bits per heavy atom. The first-order chi connectivity index (χ1) is 12.4. The van der Waals surface area contributed by atoms with E-state index in [1.165, 1.54) is 6.07 Å². The lowest BCUT2D eigenvalue weighted by Gasteiger charge is -2.28. The number of para-hydroxylation sites is 1. The molecule has 7 heteroatoms. The maximum Gasteiger partial charge on any atom is 0.319 e. The molecule has 2 aromatic rings. The van der Waals surface area contributed by atoms with Gasteiger partial charge in [-0.1, -0.05) is 18.9 Å². The normalized spacial score (nSPS) is 17.1. The standard InChI is InChI=1S/C19H22F2N2O2S/c1-12(24)15-7-8-16(26-15)19(9-2-3-10-19)11-22-18(25)23-17-13(20)5-4-6-14(17)21/h4-8,12,24H,2-3,9-11H2,1H3,(H2,22,23,25). The third kappa shape index (κ3) is 3.88. The maximum absolute atomic E-state index is 13.7. The summed E-state index contributed by atoms with van der Waals surface area (Å²) in [6.07, 6.45) is 3.47. The molecule has 0 bridgehead atoms. The number of carbonyl (C=O) groups is 1. The molecular formula is C19H22F2N2O2S. The van der Waals surface area contributed by atoms with Gasteiger partial charge >= 0.3 is 6.03 Å². The lowest BCUT2D eigenvalue weighted by atomic mass is 9.84. The highest BCUT2D eigenvalue weighted by Gasteiger charge is 2.37. The monoisotopic (exact) mass is 380 g/mol. The Kier molecular flexibility index (Phi) is 5.58. The van der Waals surface area contributed by atoms with Crippen LogP contribution in [0.5, 0.6) is 0 Å². The quantitative estimate of drug-likeness (QED) is 0.703. The molecule has 1 unspecified atom stereocenters. The van der Waals surface area contributed by atoms with Crippen molar-refractivity contribution in [2.24, 2.45) is 0 Å². The lowest BCUT2D eigenvalue weighted by molar-refractivity contribution is 0.203. The number of hydrogen-bond donors (Lipinski definition) is 3. The maximum atomic E-state index is 13.7. The van der Waals surface area contributed by atoms with E-state index in [4.69, 9.17) is 0 Å². The molecule has 3 N–H and O–H groups in total. The van der Waals surface area contributed by atoms with Gasteiger partial charge in [0.1, 0.15) is 17.3 Å². The molecule has 0 aliphatic heterocycles. The smallest absolute Gasteiger partial charge is 0.319 e. The van der Waals surface area contributed by atoms with Crippen LogP contribution in [0.4, 0.5) is 19.3 Å². The SMILES string of the molecule is CC(O)c1ccc(C2(CNC(=O)Nc3c(F)cccc3F)CCCC2)s1. The number of hydrogen-bond acceptors (Lipinski definition) is 3. The number of thiophene rings is 1. The van der Waals surface area contributed by atoms with Crippen LogP contribution in [0.15, 0.2) is 30.3 Å². The van der Waals surface area contributed by atoms with Gasteiger partial charge in [0.2, 0.25) is 0 Å². The first-order valence-electron chi connectivity index (χ1n) is 8.68. The minimum Gasteiger partial charge on any atom is -0.388 e. The van der Waals surface area contributed by atoms with E-state index >= 15 is 0 Å². The van der Waals surface area contributed by atoms with Crippen LogP contribution < -0.4 is 10.6 Å². The largest absolute Gasteiger partial charge is 0.388 e. The Hall–Kier alpha value is -1.99. The zero-order valence-corrected chi connectivity index (χ0v) is 15.3. The second-order valence-electron chi connectivity index (χ2n) is 6.77. The van der Waals surface area contributed by atoms with Crippen molar-refractivity contribution in [2.45, 2.75) is 44.1 Å². The molecule has 0 spiro atoms. The van der Waals surface area contributed by atoms with Gasteiger partial charge in [0, 0.05) is 21.7 Å². The summed E-state index contributed by atoms with van der Waals surface area (Å²) in [5.74, 6) is -1.62. The van der Waals surface area contributed by atoms with Crippen molar-refractivity contribution in [1.82, 2.24) is 5.32 Å². The fraction of sp³-hybridized carbons (Fsp3) is 0.421. The topological polar surface area (TPSA) is 61.4 Å². The Morgan fingerprint density at radius 1 is 1.23 bits per heavy atom. The van der Waals surface area contributed by atoms with Crippen molar-refractivity contribution >= 4 is 23.1 Å². The van der Waals surface area contributed by atoms with Crippen molar-refractivity contribution in [3.8, 4) is 0 Å². The molecule has 1 aliphatic carbocycles. The minimum absolute atomic E-state index is 0.192. The summed E-state index contributed by atoms with van der Waals surface area (Å²) in [5.41, 5.74) is -0.638. The van der Waals surface area contributed by atoms with Crippen LogP contribution in [-0.2, 0) is 5.41 Å². The summed E-state index contributed by atoms with van der Waals surface area (Å²) in [7, 11) is 0. The van der Waals surface area contributed by atoms with Crippen molar-refractivity contribution in [3.05, 3.63) is 51.7 Å². The molecule has 0 radical (unpaired) electrons. The number of rotatable bonds is 5. The molecule has 1 aromatic carbocycles. The van der Waals surface area contributed by atoms with Crippen molar-refractivity contribution in [3.63, 3.8) is 0 Å². The summed E-state index contributed by atoms with van der Waals surface area (Å²) in [5, 5.41) is 14.8. The molecule has 3 rings (SSSR count). The number of urea groups is 1. The third-order valence-electron chi connectivity index (χ3n) is 4.91. The average molecular weight is 380 g/mol. The average Bonchev–Trinajstić information content (AvgIpc) is 3.26. The second-order valence-corrected chi connectivity index (χ2v) is 7.89. The van der Waals surface area contributed by atoms with E-state index in [2.05, 4.69) is 10.6 Å². The van der Waals surface area contributed by atoms with Crippen molar-refractivity contribution < 1.29 is 18.7 Å². The van der Waals surface area contributed by atoms with E-state index in [-0.39, 0.29) is 5.41 Å². The van der Waals surface area contributed by atoms with Crippen LogP contribution in [0.2, 0.25) is 0 Å². The lowest BCUT2D eigenvalue weighted by Crippen LogP contribution is -2.40. The molecule has 1 fully saturated rings. The molecule has 2 amide bonds. The molecule has 1 heterocycles. The van der Waals surface area contributed by atoms with Crippen LogP contribution in [0, 0.1) is 11.6 Å². The summed E-state index contributed by atoms with van der Waals surface area (Å²) < 4.78 is 27.3. The molecule has 1 saturated carbocycles. The summed E-state index contributed by atoms with van der Waals surface area (Å²) in [6.45, 7) is 2.11. The summed E-state index contributed by atoms with van der Waals surface area (Å²) >= 11 is 1.56. The van der Waals surface area contributed by atoms with Gasteiger partial charge in [0.15, 0.2) is 0 Å². The predicted octanol–water partition coefficient (Wildman–Crippen LogP) is 4.71. The Bertz CT molecular complexity index is 765. The minimum atomic E-state index is -0.810. The number of anilines is 1. The van der Waals surface area contributed by atoms with Crippen molar-refractivity contribution in [2.75, 3.05) is 11.9 Å². The van der Waals surface area contributed by atoms with Gasteiger partial charge in [0.05, 0.1) is 6.10 Å². The molecule has 1 aliphatic rings. The molecule has 1 aromatic heterocycles. The first kappa shape index (κ1) is 18.8. The van der Waals surface area contributed by atoms with Crippen LogP contribution in [-0.4, -0.2) is 17.7 Å². The van der Waals surface area contributed by atoms with Gasteiger partial charge < -0.3 is 15.7 Å². The highest BCUT2D eigenvalue weighted by Crippen LogP contribution is 2.44. The van der Waals surface area contributed by atoms with Crippen molar-refractivity contribution in [1.29, 1.82) is 0 Å². The summed E-state index contributed by atoms with van der Waals surface area (Å²) in [6, 6.07) is 6.74. The van der Waals surface area contributed by atoms with Crippen LogP contribution in [0.25, 0.3) is 0 Å². The molecule has 140 valence electrons. The van der Waals surface area contributed by atoms with E-state index in [1.54, 1.807) is 18.3 Å². The van der Waals surface area contributed by atoms with Gasteiger partial charge in [-0.3, -0.25) is 0 Å².